The lowest BCUT2D eigenvalue weighted by Crippen LogP contribution is -2.22. The summed E-state index contributed by atoms with van der Waals surface area (Å²) in [7, 11) is 1.57. The third kappa shape index (κ3) is 3.78. The average Bonchev–Trinajstić information content (AvgIpc) is 2.39. The standard InChI is InChI=1S/C15H12BrClF3N/c1-21-14(4-8-2-3-10(17)7-11(8)18)15-12(19)5-9(16)6-13(15)20/h2-3,5-7,14,21H,4H2,1H3. The van der Waals surface area contributed by atoms with E-state index in [9.17, 15) is 13.2 Å². The van der Waals surface area contributed by atoms with Crippen LogP contribution in [-0.4, -0.2) is 7.05 Å². The number of hydrogen-bond donors (Lipinski definition) is 1. The minimum atomic E-state index is -0.686. The molecule has 0 heterocycles. The Morgan fingerprint density at radius 1 is 1.10 bits per heavy atom. The Kier molecular flexibility index (Phi) is 5.30. The second kappa shape index (κ2) is 6.81. The molecule has 1 unspecified atom stereocenters. The Balaban J connectivity index is 2.37. The first kappa shape index (κ1) is 16.3. The quantitative estimate of drug-likeness (QED) is 0.787. The zero-order valence-electron chi connectivity index (χ0n) is 11.1. The van der Waals surface area contributed by atoms with Crippen LogP contribution in [0.3, 0.4) is 0 Å². The first-order valence-corrected chi connectivity index (χ1v) is 7.35. The largest absolute Gasteiger partial charge is 0.313 e. The Bertz CT molecular complexity index is 640. The van der Waals surface area contributed by atoms with Gasteiger partial charge in [-0.05, 0) is 43.3 Å². The van der Waals surface area contributed by atoms with Crippen molar-refractivity contribution in [3.05, 3.63) is 68.4 Å². The summed E-state index contributed by atoms with van der Waals surface area (Å²) in [5.41, 5.74) is 0.218. The average molecular weight is 379 g/mol. The first-order chi connectivity index (χ1) is 9.92. The van der Waals surface area contributed by atoms with E-state index in [0.717, 1.165) is 0 Å². The molecule has 1 nitrogen and oxygen atoms in total. The lowest BCUT2D eigenvalue weighted by Gasteiger charge is -2.19. The molecular formula is C15H12BrClF3N. The van der Waals surface area contributed by atoms with Crippen molar-refractivity contribution in [2.45, 2.75) is 12.5 Å². The highest BCUT2D eigenvalue weighted by molar-refractivity contribution is 9.10. The molecule has 1 N–H and O–H groups in total. The second-order valence-corrected chi connectivity index (χ2v) is 5.92. The molecule has 2 aromatic carbocycles. The van der Waals surface area contributed by atoms with Gasteiger partial charge < -0.3 is 5.32 Å². The molecule has 0 amide bonds. The van der Waals surface area contributed by atoms with Gasteiger partial charge in [0.05, 0.1) is 0 Å². The van der Waals surface area contributed by atoms with E-state index in [0.29, 0.717) is 10.0 Å². The predicted octanol–water partition coefficient (Wildman–Crippen LogP) is 5.02. The Morgan fingerprint density at radius 2 is 1.71 bits per heavy atom. The van der Waals surface area contributed by atoms with Gasteiger partial charge in [-0.2, -0.15) is 0 Å². The van der Waals surface area contributed by atoms with E-state index in [2.05, 4.69) is 21.2 Å². The van der Waals surface area contributed by atoms with Gasteiger partial charge in [0.1, 0.15) is 17.5 Å². The molecule has 0 aromatic heterocycles. The SMILES string of the molecule is CNC(Cc1ccc(Cl)cc1F)c1c(F)cc(Br)cc1F. The zero-order valence-corrected chi connectivity index (χ0v) is 13.4. The Morgan fingerprint density at radius 3 is 2.24 bits per heavy atom. The molecule has 0 saturated heterocycles. The van der Waals surface area contributed by atoms with Gasteiger partial charge >= 0.3 is 0 Å². The van der Waals surface area contributed by atoms with Gasteiger partial charge in [-0.1, -0.05) is 33.6 Å². The van der Waals surface area contributed by atoms with Crippen molar-refractivity contribution in [3.8, 4) is 0 Å². The predicted molar refractivity (Wildman–Crippen MR) is 81.0 cm³/mol. The van der Waals surface area contributed by atoms with Crippen molar-refractivity contribution >= 4 is 27.5 Å². The van der Waals surface area contributed by atoms with Gasteiger partial charge in [0.2, 0.25) is 0 Å². The second-order valence-electron chi connectivity index (χ2n) is 4.56. The molecule has 2 aromatic rings. The molecule has 2 rings (SSSR count). The maximum absolute atomic E-state index is 14.0. The number of benzene rings is 2. The summed E-state index contributed by atoms with van der Waals surface area (Å²) in [6.07, 6.45) is 0.106. The molecule has 112 valence electrons. The van der Waals surface area contributed by atoms with Gasteiger partial charge in [0.25, 0.3) is 0 Å². The van der Waals surface area contributed by atoms with Crippen LogP contribution in [-0.2, 0) is 6.42 Å². The van der Waals surface area contributed by atoms with E-state index in [1.807, 2.05) is 0 Å². The highest BCUT2D eigenvalue weighted by atomic mass is 79.9. The number of likely N-dealkylation sites (N-methyl/N-ethyl adjacent to an activating group) is 1. The summed E-state index contributed by atoms with van der Waals surface area (Å²) in [6, 6.07) is 5.91. The van der Waals surface area contributed by atoms with E-state index in [1.54, 1.807) is 13.1 Å². The molecular weight excluding hydrogens is 367 g/mol. The van der Waals surface area contributed by atoms with Crippen LogP contribution in [0.15, 0.2) is 34.8 Å². The highest BCUT2D eigenvalue weighted by Crippen LogP contribution is 2.28. The summed E-state index contributed by atoms with van der Waals surface area (Å²) in [5.74, 6) is -1.87. The van der Waals surface area contributed by atoms with Gasteiger partial charge in [0, 0.05) is 21.1 Å². The third-order valence-electron chi connectivity index (χ3n) is 3.18. The van der Waals surface area contributed by atoms with Gasteiger partial charge in [0.15, 0.2) is 0 Å². The van der Waals surface area contributed by atoms with Gasteiger partial charge in [-0.15, -0.1) is 0 Å². The Labute approximate surface area is 134 Å². The van der Waals surface area contributed by atoms with Gasteiger partial charge in [-0.25, -0.2) is 13.2 Å². The minimum absolute atomic E-state index is 0.106. The third-order valence-corrected chi connectivity index (χ3v) is 3.87. The highest BCUT2D eigenvalue weighted by Gasteiger charge is 2.21. The summed E-state index contributed by atoms with van der Waals surface area (Å²) in [6.45, 7) is 0. The number of nitrogens with one attached hydrogen (secondary N) is 1. The topological polar surface area (TPSA) is 12.0 Å². The van der Waals surface area contributed by atoms with Crippen LogP contribution in [0.4, 0.5) is 13.2 Å². The van der Waals surface area contributed by atoms with Crippen molar-refractivity contribution in [1.29, 1.82) is 0 Å². The van der Waals surface area contributed by atoms with E-state index >= 15 is 0 Å². The molecule has 0 spiro atoms. The maximum atomic E-state index is 14.0. The fourth-order valence-electron chi connectivity index (χ4n) is 2.14. The van der Waals surface area contributed by atoms with Crippen molar-refractivity contribution in [1.82, 2.24) is 5.32 Å². The number of rotatable bonds is 4. The Hall–Kier alpha value is -1.04. The minimum Gasteiger partial charge on any atom is -0.313 e. The molecule has 0 bridgehead atoms. The van der Waals surface area contributed by atoms with Crippen LogP contribution in [0.5, 0.6) is 0 Å². The lowest BCUT2D eigenvalue weighted by molar-refractivity contribution is 0.481. The van der Waals surface area contributed by atoms with Crippen LogP contribution in [0.25, 0.3) is 0 Å². The van der Waals surface area contributed by atoms with Crippen LogP contribution in [0.1, 0.15) is 17.2 Å². The molecule has 1 atom stereocenters. The van der Waals surface area contributed by atoms with Crippen molar-refractivity contribution in [2.24, 2.45) is 0 Å². The molecule has 0 aliphatic carbocycles. The van der Waals surface area contributed by atoms with E-state index in [4.69, 9.17) is 11.6 Å². The fraction of sp³-hybridized carbons (Fsp3) is 0.200. The van der Waals surface area contributed by atoms with Crippen LogP contribution >= 0.6 is 27.5 Å². The molecule has 21 heavy (non-hydrogen) atoms. The van der Waals surface area contributed by atoms with Crippen LogP contribution in [0, 0.1) is 17.5 Å². The van der Waals surface area contributed by atoms with E-state index in [1.165, 1.54) is 24.3 Å². The maximum Gasteiger partial charge on any atom is 0.132 e. The van der Waals surface area contributed by atoms with Gasteiger partial charge in [-0.3, -0.25) is 0 Å². The van der Waals surface area contributed by atoms with Crippen LogP contribution in [0.2, 0.25) is 5.02 Å². The number of hydrogen-bond acceptors (Lipinski definition) is 1. The van der Waals surface area contributed by atoms with Crippen molar-refractivity contribution < 1.29 is 13.2 Å². The molecule has 0 aliphatic heterocycles. The monoisotopic (exact) mass is 377 g/mol. The van der Waals surface area contributed by atoms with E-state index < -0.39 is 23.5 Å². The molecule has 0 radical (unpaired) electrons. The first-order valence-electron chi connectivity index (χ1n) is 6.18. The number of halogens is 5. The normalized spacial score (nSPS) is 12.5. The summed E-state index contributed by atoms with van der Waals surface area (Å²) in [5, 5.41) is 3.09. The lowest BCUT2D eigenvalue weighted by atomic mass is 9.97. The van der Waals surface area contributed by atoms with Crippen LogP contribution < -0.4 is 5.32 Å². The molecule has 0 fully saturated rings. The van der Waals surface area contributed by atoms with E-state index in [-0.39, 0.29) is 17.0 Å². The molecule has 0 aliphatic rings. The summed E-state index contributed by atoms with van der Waals surface area (Å²) in [4.78, 5) is 0. The molecule has 0 saturated carbocycles. The zero-order chi connectivity index (χ0) is 15.6. The summed E-state index contributed by atoms with van der Waals surface area (Å²) < 4.78 is 42.1. The molecule has 6 heteroatoms. The van der Waals surface area contributed by atoms with Crippen molar-refractivity contribution in [2.75, 3.05) is 7.05 Å². The summed E-state index contributed by atoms with van der Waals surface area (Å²) >= 11 is 8.72. The fourth-order valence-corrected chi connectivity index (χ4v) is 2.70. The van der Waals surface area contributed by atoms with Crippen molar-refractivity contribution in [3.63, 3.8) is 0 Å². The smallest absolute Gasteiger partial charge is 0.132 e.